The molecule has 2 rings (SSSR count). The first kappa shape index (κ1) is 7.88. The van der Waals surface area contributed by atoms with E-state index in [-0.39, 0.29) is 0 Å². The summed E-state index contributed by atoms with van der Waals surface area (Å²) in [6, 6.07) is 0. The molecule has 2 heterocycles. The summed E-state index contributed by atoms with van der Waals surface area (Å²) in [5.74, 6) is 0.797. The molecule has 62 valence electrons. The Morgan fingerprint density at radius 2 is 2.42 bits per heavy atom. The van der Waals surface area contributed by atoms with Crippen LogP contribution in [0.5, 0.6) is 0 Å². The normalized spacial score (nSPS) is 10.5. The summed E-state index contributed by atoms with van der Waals surface area (Å²) in [6.07, 6.45) is 1.66. The quantitative estimate of drug-likeness (QED) is 0.768. The molecule has 4 nitrogen and oxygen atoms in total. The van der Waals surface area contributed by atoms with Gasteiger partial charge >= 0.3 is 0 Å². The lowest BCUT2D eigenvalue weighted by Gasteiger charge is -1.92. The van der Waals surface area contributed by atoms with Gasteiger partial charge in [-0.1, -0.05) is 0 Å². The van der Waals surface area contributed by atoms with Crippen LogP contribution in [0.3, 0.4) is 0 Å². The Kier molecular flexibility index (Phi) is 1.93. The highest BCUT2D eigenvalue weighted by molar-refractivity contribution is 9.10. The van der Waals surface area contributed by atoms with Crippen LogP contribution in [0.15, 0.2) is 16.3 Å². The van der Waals surface area contributed by atoms with Crippen molar-refractivity contribution >= 4 is 27.3 Å². The maximum atomic E-state index is 4.23. The minimum Gasteiger partial charge on any atom is -0.315 e. The highest BCUT2D eigenvalue weighted by Gasteiger charge is 2.07. The van der Waals surface area contributed by atoms with Crippen molar-refractivity contribution in [1.82, 2.24) is 19.7 Å². The zero-order chi connectivity index (χ0) is 8.55. The summed E-state index contributed by atoms with van der Waals surface area (Å²) in [4.78, 5) is 4.23. The van der Waals surface area contributed by atoms with Crippen LogP contribution in [0.25, 0.3) is 10.8 Å². The molecule has 0 spiro atoms. The number of hydrogen-bond acceptors (Lipinski definition) is 4. The van der Waals surface area contributed by atoms with Crippen LogP contribution in [-0.4, -0.2) is 19.7 Å². The van der Waals surface area contributed by atoms with Crippen molar-refractivity contribution in [3.05, 3.63) is 16.3 Å². The van der Waals surface area contributed by atoms with E-state index < -0.39 is 0 Å². The van der Waals surface area contributed by atoms with Gasteiger partial charge in [-0.15, -0.1) is 21.5 Å². The fraction of sp³-hybridized carbons (Fsp3) is 0.167. The Bertz CT molecular complexity index is 394. The van der Waals surface area contributed by atoms with Gasteiger partial charge in [-0.25, -0.2) is 4.98 Å². The van der Waals surface area contributed by atoms with Crippen molar-refractivity contribution < 1.29 is 0 Å². The number of aromatic nitrogens is 4. The lowest BCUT2D eigenvalue weighted by molar-refractivity contribution is 0.917. The minimum atomic E-state index is 0.797. The van der Waals surface area contributed by atoms with Crippen molar-refractivity contribution in [3.8, 4) is 10.8 Å². The molecule has 0 saturated carbocycles. The zero-order valence-corrected chi connectivity index (χ0v) is 8.63. The molecule has 0 aliphatic rings. The lowest BCUT2D eigenvalue weighted by Crippen LogP contribution is -1.89. The Morgan fingerprint density at radius 3 is 2.92 bits per heavy atom. The fourth-order valence-electron chi connectivity index (χ4n) is 0.834. The van der Waals surface area contributed by atoms with Gasteiger partial charge in [-0.05, 0) is 15.9 Å². The molecule has 0 unspecified atom stereocenters. The average Bonchev–Trinajstić information content (AvgIpc) is 2.58. The Hall–Kier alpha value is -0.750. The van der Waals surface area contributed by atoms with Crippen LogP contribution in [0, 0.1) is 0 Å². The van der Waals surface area contributed by atoms with Gasteiger partial charge in [-0.3, -0.25) is 0 Å². The molecule has 0 aromatic carbocycles. The highest BCUT2D eigenvalue weighted by Crippen LogP contribution is 2.23. The van der Waals surface area contributed by atoms with Gasteiger partial charge < -0.3 is 4.57 Å². The van der Waals surface area contributed by atoms with Gasteiger partial charge in [0.2, 0.25) is 0 Å². The molecule has 2 aromatic heterocycles. The third-order valence-electron chi connectivity index (χ3n) is 1.38. The van der Waals surface area contributed by atoms with Gasteiger partial charge in [0.05, 0.1) is 0 Å². The summed E-state index contributed by atoms with van der Waals surface area (Å²) >= 11 is 4.82. The van der Waals surface area contributed by atoms with Crippen LogP contribution in [0.4, 0.5) is 0 Å². The molecule has 0 radical (unpaired) electrons. The van der Waals surface area contributed by atoms with E-state index in [9.17, 15) is 0 Å². The minimum absolute atomic E-state index is 0.797. The molecule has 0 saturated heterocycles. The second-order valence-corrected chi connectivity index (χ2v) is 3.91. The lowest BCUT2D eigenvalue weighted by atomic mass is 10.6. The number of thiazole rings is 1. The summed E-state index contributed by atoms with van der Waals surface area (Å²) in [5.41, 5.74) is 0. The van der Waals surface area contributed by atoms with Crippen molar-refractivity contribution in [3.63, 3.8) is 0 Å². The number of hydrogen-bond donors (Lipinski definition) is 0. The predicted octanol–water partition coefficient (Wildman–Crippen LogP) is 1.70. The average molecular weight is 245 g/mol. The number of rotatable bonds is 1. The molecule has 6 heteroatoms. The second-order valence-electron chi connectivity index (χ2n) is 2.24. The third kappa shape index (κ3) is 1.27. The second kappa shape index (κ2) is 2.95. The van der Waals surface area contributed by atoms with E-state index in [1.807, 2.05) is 17.0 Å². The van der Waals surface area contributed by atoms with Crippen molar-refractivity contribution in [1.29, 1.82) is 0 Å². The topological polar surface area (TPSA) is 43.6 Å². The standard InChI is InChI=1S/C6H5BrN4S/c1-11-3-8-10-5(11)6-9-4(7)2-12-6/h2-3H,1H3. The molecular formula is C6H5BrN4S. The van der Waals surface area contributed by atoms with Gasteiger partial charge in [0, 0.05) is 12.4 Å². The number of nitrogens with zero attached hydrogens (tertiary/aromatic N) is 4. The molecule has 2 aromatic rings. The maximum Gasteiger partial charge on any atom is 0.192 e. The SMILES string of the molecule is Cn1cnnc1-c1nc(Br)cs1. The van der Waals surface area contributed by atoms with Gasteiger partial charge in [-0.2, -0.15) is 0 Å². The van der Waals surface area contributed by atoms with Crippen LogP contribution >= 0.6 is 27.3 Å². The number of aryl methyl sites for hydroxylation is 1. The van der Waals surface area contributed by atoms with E-state index in [1.54, 1.807) is 17.7 Å². The molecule has 0 bridgehead atoms. The molecule has 0 aliphatic heterocycles. The first-order chi connectivity index (χ1) is 5.77. The van der Waals surface area contributed by atoms with E-state index in [4.69, 9.17) is 0 Å². The van der Waals surface area contributed by atoms with Gasteiger partial charge in [0.25, 0.3) is 0 Å². The summed E-state index contributed by atoms with van der Waals surface area (Å²) < 4.78 is 2.68. The van der Waals surface area contributed by atoms with Gasteiger partial charge in [0.15, 0.2) is 10.8 Å². The zero-order valence-electron chi connectivity index (χ0n) is 6.23. The van der Waals surface area contributed by atoms with Crippen LogP contribution in [-0.2, 0) is 7.05 Å². The molecular weight excluding hydrogens is 240 g/mol. The largest absolute Gasteiger partial charge is 0.315 e. The number of halogens is 1. The maximum absolute atomic E-state index is 4.23. The molecule has 0 fully saturated rings. The highest BCUT2D eigenvalue weighted by atomic mass is 79.9. The molecule has 0 amide bonds. The van der Waals surface area contributed by atoms with Gasteiger partial charge in [0.1, 0.15) is 10.9 Å². The first-order valence-corrected chi connectivity index (χ1v) is 4.90. The van der Waals surface area contributed by atoms with E-state index in [0.29, 0.717) is 0 Å². The van der Waals surface area contributed by atoms with Crippen LogP contribution in [0.1, 0.15) is 0 Å². The molecule has 12 heavy (non-hydrogen) atoms. The van der Waals surface area contributed by atoms with E-state index >= 15 is 0 Å². The van der Waals surface area contributed by atoms with E-state index in [2.05, 4.69) is 31.1 Å². The Labute approximate surface area is 81.4 Å². The van der Waals surface area contributed by atoms with Crippen LogP contribution in [0.2, 0.25) is 0 Å². The molecule has 0 aliphatic carbocycles. The third-order valence-corrected chi connectivity index (χ3v) is 2.93. The molecule has 0 N–H and O–H groups in total. The van der Waals surface area contributed by atoms with Crippen molar-refractivity contribution in [2.24, 2.45) is 7.05 Å². The summed E-state index contributed by atoms with van der Waals surface area (Å²) in [5, 5.41) is 10.5. The smallest absolute Gasteiger partial charge is 0.192 e. The van der Waals surface area contributed by atoms with Crippen molar-refractivity contribution in [2.75, 3.05) is 0 Å². The first-order valence-electron chi connectivity index (χ1n) is 3.23. The molecule has 0 atom stereocenters. The summed E-state index contributed by atoms with van der Waals surface area (Å²) in [7, 11) is 1.89. The Morgan fingerprint density at radius 1 is 1.58 bits per heavy atom. The predicted molar refractivity (Wildman–Crippen MR) is 49.8 cm³/mol. The van der Waals surface area contributed by atoms with Crippen LogP contribution < -0.4 is 0 Å². The van der Waals surface area contributed by atoms with Crippen molar-refractivity contribution in [2.45, 2.75) is 0 Å². The fourth-order valence-corrected chi connectivity index (χ4v) is 2.11. The summed E-state index contributed by atoms with van der Waals surface area (Å²) in [6.45, 7) is 0. The Balaban J connectivity index is 2.50. The van der Waals surface area contributed by atoms with E-state index in [1.165, 1.54) is 0 Å². The van der Waals surface area contributed by atoms with E-state index in [0.717, 1.165) is 15.4 Å². The monoisotopic (exact) mass is 244 g/mol.